The van der Waals surface area contributed by atoms with E-state index in [4.69, 9.17) is 5.11 Å². The van der Waals surface area contributed by atoms with Gasteiger partial charge in [-0.3, -0.25) is 0 Å². The second-order valence-electron chi connectivity index (χ2n) is 3.70. The maximum absolute atomic E-state index is 12.0. The first-order valence-corrected chi connectivity index (χ1v) is 7.61. The van der Waals surface area contributed by atoms with Gasteiger partial charge in [0.1, 0.15) is 4.21 Å². The quantitative estimate of drug-likeness (QED) is 0.934. The highest BCUT2D eigenvalue weighted by Gasteiger charge is 2.17. The first-order valence-electron chi connectivity index (χ1n) is 5.07. The smallest absolute Gasteiger partial charge is 0.335 e. The van der Waals surface area contributed by atoms with Crippen molar-refractivity contribution in [2.24, 2.45) is 0 Å². The first kappa shape index (κ1) is 12.8. The second-order valence-corrected chi connectivity index (χ2v) is 6.86. The molecule has 0 aliphatic carbocycles. The van der Waals surface area contributed by atoms with Crippen LogP contribution in [0, 0.1) is 0 Å². The Morgan fingerprint density at radius 3 is 2.61 bits per heavy atom. The normalized spacial score (nSPS) is 11.3. The van der Waals surface area contributed by atoms with Crippen LogP contribution in [-0.4, -0.2) is 19.5 Å². The Labute approximate surface area is 108 Å². The molecule has 0 radical (unpaired) electrons. The lowest BCUT2D eigenvalue weighted by atomic mass is 10.1. The van der Waals surface area contributed by atoms with Gasteiger partial charge in [0, 0.05) is 0 Å². The van der Waals surface area contributed by atoms with Crippen LogP contribution in [0.25, 0.3) is 0 Å². The van der Waals surface area contributed by atoms with Gasteiger partial charge in [-0.2, -0.15) is 0 Å². The fraction of sp³-hybridized carbons (Fsp3) is 0.0833. The van der Waals surface area contributed by atoms with Gasteiger partial charge in [-0.15, -0.1) is 11.3 Å². The third-order valence-corrected chi connectivity index (χ3v) is 5.51. The predicted molar refractivity (Wildman–Crippen MR) is 68.6 cm³/mol. The molecule has 6 heteroatoms. The molecule has 0 bridgehead atoms. The number of hydrogen-bond donors (Lipinski definition) is 1. The van der Waals surface area contributed by atoms with E-state index in [2.05, 4.69) is 0 Å². The molecule has 1 heterocycles. The lowest BCUT2D eigenvalue weighted by molar-refractivity contribution is 0.0696. The molecule has 1 aromatic carbocycles. The second kappa shape index (κ2) is 4.91. The molecule has 94 valence electrons. The van der Waals surface area contributed by atoms with Crippen LogP contribution in [0.15, 0.2) is 46.0 Å². The number of rotatable bonds is 4. The monoisotopic (exact) mass is 282 g/mol. The van der Waals surface area contributed by atoms with Crippen LogP contribution < -0.4 is 0 Å². The molecule has 0 spiro atoms. The van der Waals surface area contributed by atoms with Gasteiger partial charge in [0.2, 0.25) is 0 Å². The fourth-order valence-electron chi connectivity index (χ4n) is 1.53. The molecule has 0 amide bonds. The summed E-state index contributed by atoms with van der Waals surface area (Å²) in [7, 11) is -3.39. The largest absolute Gasteiger partial charge is 0.478 e. The summed E-state index contributed by atoms with van der Waals surface area (Å²) in [6.07, 6.45) is 0. The van der Waals surface area contributed by atoms with Gasteiger partial charge in [-0.1, -0.05) is 18.2 Å². The molecule has 1 aromatic heterocycles. The molecule has 2 aromatic rings. The Bertz CT molecular complexity index is 657. The van der Waals surface area contributed by atoms with E-state index in [0.29, 0.717) is 9.77 Å². The van der Waals surface area contributed by atoms with Crippen molar-refractivity contribution in [3.63, 3.8) is 0 Å². The zero-order valence-electron chi connectivity index (χ0n) is 9.24. The molecule has 2 rings (SSSR count). The van der Waals surface area contributed by atoms with Crippen LogP contribution in [0.3, 0.4) is 0 Å². The predicted octanol–water partition coefficient (Wildman–Crippen LogP) is 2.42. The number of carbonyl (C=O) groups is 1. The van der Waals surface area contributed by atoms with Crippen molar-refractivity contribution in [1.29, 1.82) is 0 Å². The molecule has 0 saturated carbocycles. The zero-order chi connectivity index (χ0) is 13.2. The minimum atomic E-state index is -3.39. The Morgan fingerprint density at radius 1 is 1.22 bits per heavy atom. The summed E-state index contributed by atoms with van der Waals surface area (Å²) in [6, 6.07) is 9.18. The fourth-order valence-corrected chi connectivity index (χ4v) is 3.95. The average Bonchev–Trinajstić information content (AvgIpc) is 2.82. The van der Waals surface area contributed by atoms with Crippen molar-refractivity contribution in [3.05, 3.63) is 52.9 Å². The van der Waals surface area contributed by atoms with Gasteiger partial charge in [0.05, 0.1) is 11.3 Å². The Hall–Kier alpha value is -1.66. The van der Waals surface area contributed by atoms with E-state index in [-0.39, 0.29) is 11.3 Å². The highest BCUT2D eigenvalue weighted by Crippen LogP contribution is 2.21. The summed E-state index contributed by atoms with van der Waals surface area (Å²) >= 11 is 1.16. The van der Waals surface area contributed by atoms with Gasteiger partial charge >= 0.3 is 5.97 Å². The van der Waals surface area contributed by atoms with Crippen LogP contribution in [0.1, 0.15) is 15.9 Å². The van der Waals surface area contributed by atoms with Crippen LogP contribution in [0.2, 0.25) is 0 Å². The van der Waals surface area contributed by atoms with Crippen LogP contribution in [-0.2, 0) is 15.6 Å². The lowest BCUT2D eigenvalue weighted by Crippen LogP contribution is -2.04. The van der Waals surface area contributed by atoms with Gasteiger partial charge in [-0.05, 0) is 29.1 Å². The highest BCUT2D eigenvalue weighted by atomic mass is 32.2. The molecular weight excluding hydrogens is 272 g/mol. The molecular formula is C12H10O4S2. The minimum Gasteiger partial charge on any atom is -0.478 e. The lowest BCUT2D eigenvalue weighted by Gasteiger charge is -2.03. The van der Waals surface area contributed by atoms with Crippen molar-refractivity contribution in [2.75, 3.05) is 0 Å². The SMILES string of the molecule is O=C(O)c1cccc(CS(=O)(=O)c2cccs2)c1. The van der Waals surface area contributed by atoms with E-state index in [1.807, 2.05) is 0 Å². The van der Waals surface area contributed by atoms with Crippen molar-refractivity contribution in [1.82, 2.24) is 0 Å². The summed E-state index contributed by atoms with van der Waals surface area (Å²) in [5.74, 6) is -1.25. The molecule has 4 nitrogen and oxygen atoms in total. The number of hydrogen-bond acceptors (Lipinski definition) is 4. The maximum Gasteiger partial charge on any atom is 0.335 e. The van der Waals surface area contributed by atoms with E-state index >= 15 is 0 Å². The van der Waals surface area contributed by atoms with Crippen molar-refractivity contribution < 1.29 is 18.3 Å². The Balaban J connectivity index is 2.30. The Kier molecular flexibility index (Phi) is 3.49. The molecule has 0 unspecified atom stereocenters. The van der Waals surface area contributed by atoms with E-state index in [0.717, 1.165) is 11.3 Å². The molecule has 1 N–H and O–H groups in total. The van der Waals surface area contributed by atoms with Crippen LogP contribution in [0.4, 0.5) is 0 Å². The van der Waals surface area contributed by atoms with Gasteiger partial charge in [-0.25, -0.2) is 13.2 Å². The van der Waals surface area contributed by atoms with Crippen LogP contribution in [0.5, 0.6) is 0 Å². The van der Waals surface area contributed by atoms with E-state index in [1.54, 1.807) is 29.6 Å². The summed E-state index contributed by atoms with van der Waals surface area (Å²) in [5, 5.41) is 10.5. The van der Waals surface area contributed by atoms with Gasteiger partial charge in [0.15, 0.2) is 9.84 Å². The first-order chi connectivity index (χ1) is 8.49. The summed E-state index contributed by atoms with van der Waals surface area (Å²) < 4.78 is 24.3. The van der Waals surface area contributed by atoms with Crippen LogP contribution >= 0.6 is 11.3 Å². The molecule has 0 atom stereocenters. The zero-order valence-corrected chi connectivity index (χ0v) is 10.9. The minimum absolute atomic E-state index is 0.0916. The van der Waals surface area contributed by atoms with E-state index in [9.17, 15) is 13.2 Å². The third kappa shape index (κ3) is 2.77. The average molecular weight is 282 g/mol. The number of aromatic carboxylic acids is 1. The third-order valence-electron chi connectivity index (χ3n) is 2.33. The van der Waals surface area contributed by atoms with Gasteiger partial charge < -0.3 is 5.11 Å². The van der Waals surface area contributed by atoms with Crippen molar-refractivity contribution >= 4 is 27.1 Å². The molecule has 0 saturated heterocycles. The summed E-state index contributed by atoms with van der Waals surface area (Å²) in [5.41, 5.74) is 0.567. The standard InChI is InChI=1S/C12H10O4S2/c13-12(14)10-4-1-3-9(7-10)8-18(15,16)11-5-2-6-17-11/h1-7H,8H2,(H,13,14). The summed E-state index contributed by atoms with van der Waals surface area (Å²) in [6.45, 7) is 0. The molecule has 0 fully saturated rings. The maximum atomic E-state index is 12.0. The molecule has 0 aliphatic heterocycles. The Morgan fingerprint density at radius 2 is 2.00 bits per heavy atom. The van der Waals surface area contributed by atoms with Gasteiger partial charge in [0.25, 0.3) is 0 Å². The summed E-state index contributed by atoms with van der Waals surface area (Å²) in [4.78, 5) is 10.8. The topological polar surface area (TPSA) is 71.4 Å². The number of benzene rings is 1. The van der Waals surface area contributed by atoms with Crippen molar-refractivity contribution in [3.8, 4) is 0 Å². The number of carboxylic acid groups (broad SMARTS) is 1. The molecule has 18 heavy (non-hydrogen) atoms. The van der Waals surface area contributed by atoms with E-state index in [1.165, 1.54) is 12.1 Å². The molecule has 0 aliphatic rings. The number of thiophene rings is 1. The van der Waals surface area contributed by atoms with E-state index < -0.39 is 15.8 Å². The number of carboxylic acids is 1. The highest BCUT2D eigenvalue weighted by molar-refractivity contribution is 7.92. The van der Waals surface area contributed by atoms with Crippen molar-refractivity contribution in [2.45, 2.75) is 9.96 Å². The number of sulfone groups is 1.